The number of piperazine rings is 1. The van der Waals surface area contributed by atoms with E-state index in [9.17, 15) is 4.79 Å². The molecule has 8 heteroatoms. The molecule has 0 aliphatic carbocycles. The molecule has 1 aromatic rings. The number of guanidine groups is 1. The maximum absolute atomic E-state index is 11.6. The van der Waals surface area contributed by atoms with Crippen LogP contribution in [0.5, 0.6) is 0 Å². The normalized spacial score (nSPS) is 19.5. The Morgan fingerprint density at radius 2 is 1.79 bits per heavy atom. The summed E-state index contributed by atoms with van der Waals surface area (Å²) in [6, 6.07) is 8.11. The third-order valence-corrected chi connectivity index (χ3v) is 6.12. The predicted octanol–water partition coefficient (Wildman–Crippen LogP) is 3.14. The van der Waals surface area contributed by atoms with Crippen LogP contribution in [-0.4, -0.2) is 74.1 Å². The molecule has 2 aliphatic heterocycles. The average Bonchev–Trinajstić information content (AvgIpc) is 2.72. The van der Waals surface area contributed by atoms with Crippen LogP contribution < -0.4 is 5.32 Å². The molecule has 2 saturated heterocycles. The molecule has 2 heterocycles. The minimum atomic E-state index is -0.0987. The fourth-order valence-corrected chi connectivity index (χ4v) is 4.39. The SMILES string of the molecule is CCNC(=NCC1(c2ccccc2Cl)CCOCC1)N1CCN(C(C)=O)CC1.I. The van der Waals surface area contributed by atoms with Gasteiger partial charge in [0.05, 0.1) is 6.54 Å². The van der Waals surface area contributed by atoms with Crippen LogP contribution in [0.25, 0.3) is 0 Å². The first-order valence-corrected chi connectivity index (χ1v) is 10.5. The third-order valence-electron chi connectivity index (χ3n) is 5.79. The molecule has 6 nitrogen and oxygen atoms in total. The zero-order valence-electron chi connectivity index (χ0n) is 17.3. The Morgan fingerprint density at radius 3 is 2.38 bits per heavy atom. The van der Waals surface area contributed by atoms with Gasteiger partial charge in [-0.3, -0.25) is 9.79 Å². The zero-order valence-corrected chi connectivity index (χ0v) is 20.4. The van der Waals surface area contributed by atoms with E-state index < -0.39 is 0 Å². The highest BCUT2D eigenvalue weighted by atomic mass is 127. The molecule has 1 aromatic carbocycles. The number of hydrogen-bond donors (Lipinski definition) is 1. The molecule has 0 bridgehead atoms. The minimum Gasteiger partial charge on any atom is -0.381 e. The lowest BCUT2D eigenvalue weighted by Gasteiger charge is -2.39. The molecule has 1 amide bonds. The maximum Gasteiger partial charge on any atom is 0.219 e. The van der Waals surface area contributed by atoms with Gasteiger partial charge in [0.1, 0.15) is 0 Å². The Morgan fingerprint density at radius 1 is 1.17 bits per heavy atom. The molecular weight excluding hydrogens is 503 g/mol. The van der Waals surface area contributed by atoms with E-state index in [0.717, 1.165) is 69.8 Å². The summed E-state index contributed by atoms with van der Waals surface area (Å²) in [5.41, 5.74) is 1.07. The first-order valence-electron chi connectivity index (χ1n) is 10.2. The quantitative estimate of drug-likeness (QED) is 0.366. The minimum absolute atomic E-state index is 0. The van der Waals surface area contributed by atoms with E-state index >= 15 is 0 Å². The van der Waals surface area contributed by atoms with Gasteiger partial charge in [0, 0.05) is 63.3 Å². The van der Waals surface area contributed by atoms with Gasteiger partial charge in [-0.15, -0.1) is 24.0 Å². The lowest BCUT2D eigenvalue weighted by Crippen LogP contribution is -2.53. The van der Waals surface area contributed by atoms with E-state index in [-0.39, 0.29) is 35.3 Å². The van der Waals surface area contributed by atoms with Crippen molar-refractivity contribution in [3.63, 3.8) is 0 Å². The lowest BCUT2D eigenvalue weighted by molar-refractivity contribution is -0.130. The predicted molar refractivity (Wildman–Crippen MR) is 128 cm³/mol. The first kappa shape index (κ1) is 24.2. The molecule has 1 N–H and O–H groups in total. The summed E-state index contributed by atoms with van der Waals surface area (Å²) in [5, 5.41) is 4.23. The zero-order chi connectivity index (χ0) is 20.0. The molecule has 2 aliphatic rings. The van der Waals surface area contributed by atoms with Gasteiger partial charge in [-0.2, -0.15) is 0 Å². The van der Waals surface area contributed by atoms with E-state index in [1.807, 2.05) is 23.1 Å². The van der Waals surface area contributed by atoms with E-state index in [1.165, 1.54) is 5.56 Å². The highest BCUT2D eigenvalue weighted by Gasteiger charge is 2.36. The number of benzene rings is 1. The number of amides is 1. The number of carbonyl (C=O) groups is 1. The third kappa shape index (κ3) is 5.98. The molecule has 0 radical (unpaired) electrons. The van der Waals surface area contributed by atoms with Gasteiger partial charge in [0.25, 0.3) is 0 Å². The fraction of sp³-hybridized carbons (Fsp3) is 0.619. The smallest absolute Gasteiger partial charge is 0.219 e. The molecule has 0 aromatic heterocycles. The number of carbonyl (C=O) groups excluding carboxylic acids is 1. The van der Waals surface area contributed by atoms with Crippen LogP contribution in [0.15, 0.2) is 29.3 Å². The van der Waals surface area contributed by atoms with Crippen molar-refractivity contribution >= 4 is 47.4 Å². The standard InChI is InChI=1S/C21H31ClN4O2.HI/c1-3-23-20(26-12-10-25(11-13-26)17(2)27)24-16-21(8-14-28-15-9-21)18-6-4-5-7-19(18)22;/h4-7H,3,8-16H2,1-2H3,(H,23,24);1H. The molecule has 0 atom stereocenters. The second-order valence-corrected chi connectivity index (χ2v) is 7.94. The molecule has 29 heavy (non-hydrogen) atoms. The van der Waals surface area contributed by atoms with E-state index in [4.69, 9.17) is 21.3 Å². The van der Waals surface area contributed by atoms with E-state index in [1.54, 1.807) is 6.92 Å². The summed E-state index contributed by atoms with van der Waals surface area (Å²) < 4.78 is 5.64. The molecule has 3 rings (SSSR count). The Labute approximate surface area is 196 Å². The van der Waals surface area contributed by atoms with Crippen LogP contribution in [0.2, 0.25) is 5.02 Å². The molecule has 0 unspecified atom stereocenters. The highest BCUT2D eigenvalue weighted by Crippen LogP contribution is 2.39. The fourth-order valence-electron chi connectivity index (χ4n) is 4.05. The van der Waals surface area contributed by atoms with E-state index in [2.05, 4.69) is 23.2 Å². The second kappa shape index (κ2) is 11.4. The number of aliphatic imine (C=N–C) groups is 1. The molecule has 0 spiro atoms. The molecule has 2 fully saturated rings. The van der Waals surface area contributed by atoms with Crippen molar-refractivity contribution in [3.8, 4) is 0 Å². The molecular formula is C21H32ClIN4O2. The topological polar surface area (TPSA) is 57.2 Å². The number of nitrogens with zero attached hydrogens (tertiary/aromatic N) is 3. The van der Waals surface area contributed by atoms with Gasteiger partial charge in [-0.1, -0.05) is 29.8 Å². The van der Waals surface area contributed by atoms with Gasteiger partial charge in [-0.25, -0.2) is 0 Å². The van der Waals surface area contributed by atoms with Crippen LogP contribution in [0, 0.1) is 0 Å². The van der Waals surface area contributed by atoms with Crippen LogP contribution in [-0.2, 0) is 14.9 Å². The van der Waals surface area contributed by atoms with Crippen LogP contribution in [0.3, 0.4) is 0 Å². The monoisotopic (exact) mass is 534 g/mol. The summed E-state index contributed by atoms with van der Waals surface area (Å²) in [6.07, 6.45) is 1.83. The van der Waals surface area contributed by atoms with Crippen molar-refractivity contribution in [2.24, 2.45) is 4.99 Å². The Kier molecular flexibility index (Phi) is 9.49. The first-order chi connectivity index (χ1) is 13.6. The number of ether oxygens (including phenoxy) is 1. The summed E-state index contributed by atoms with van der Waals surface area (Å²) in [4.78, 5) is 20.8. The summed E-state index contributed by atoms with van der Waals surface area (Å²) in [5.74, 6) is 1.06. The molecule has 162 valence electrons. The Hall–Kier alpha value is -1.06. The summed E-state index contributed by atoms with van der Waals surface area (Å²) >= 11 is 6.57. The number of nitrogens with one attached hydrogen (secondary N) is 1. The van der Waals surface area contributed by atoms with Gasteiger partial charge in [0.2, 0.25) is 5.91 Å². The number of hydrogen-bond acceptors (Lipinski definition) is 3. The van der Waals surface area contributed by atoms with Gasteiger partial charge >= 0.3 is 0 Å². The lowest BCUT2D eigenvalue weighted by atomic mass is 9.74. The van der Waals surface area contributed by atoms with Crippen molar-refractivity contribution in [1.29, 1.82) is 0 Å². The second-order valence-electron chi connectivity index (χ2n) is 7.54. The average molecular weight is 535 g/mol. The maximum atomic E-state index is 11.6. The Bertz CT molecular complexity index is 702. The van der Waals surface area contributed by atoms with Crippen molar-refractivity contribution in [1.82, 2.24) is 15.1 Å². The summed E-state index contributed by atoms with van der Waals surface area (Å²) in [7, 11) is 0. The largest absolute Gasteiger partial charge is 0.381 e. The van der Waals surface area contributed by atoms with Crippen LogP contribution in [0.4, 0.5) is 0 Å². The highest BCUT2D eigenvalue weighted by molar-refractivity contribution is 14.0. The van der Waals surface area contributed by atoms with Gasteiger partial charge in [0.15, 0.2) is 5.96 Å². The molecule has 0 saturated carbocycles. The number of rotatable bonds is 4. The van der Waals surface area contributed by atoms with Gasteiger partial charge in [-0.05, 0) is 31.4 Å². The van der Waals surface area contributed by atoms with Crippen molar-refractivity contribution in [3.05, 3.63) is 34.9 Å². The van der Waals surface area contributed by atoms with E-state index in [0.29, 0.717) is 6.54 Å². The van der Waals surface area contributed by atoms with Crippen molar-refractivity contribution < 1.29 is 9.53 Å². The Balaban J connectivity index is 0.00000300. The van der Waals surface area contributed by atoms with Crippen LogP contribution >= 0.6 is 35.6 Å². The van der Waals surface area contributed by atoms with Crippen molar-refractivity contribution in [2.75, 3.05) is 52.5 Å². The van der Waals surface area contributed by atoms with Crippen molar-refractivity contribution in [2.45, 2.75) is 32.1 Å². The number of halogens is 2. The van der Waals surface area contributed by atoms with Crippen LogP contribution in [0.1, 0.15) is 32.3 Å². The summed E-state index contributed by atoms with van der Waals surface area (Å²) in [6.45, 7) is 9.74. The van der Waals surface area contributed by atoms with Gasteiger partial charge < -0.3 is 19.9 Å².